The number of rotatable bonds is 8. The van der Waals surface area contributed by atoms with E-state index in [1.807, 2.05) is 86.6 Å². The highest BCUT2D eigenvalue weighted by molar-refractivity contribution is 6.06. The first-order valence-electron chi connectivity index (χ1n) is 9.38. The molecular weight excluding hydrogens is 348 g/mol. The number of benzene rings is 3. The van der Waals surface area contributed by atoms with Crippen molar-refractivity contribution in [2.24, 2.45) is 0 Å². The molecule has 3 nitrogen and oxygen atoms in total. The van der Waals surface area contributed by atoms with Gasteiger partial charge < -0.3 is 9.47 Å². The first kappa shape index (κ1) is 19.4. The Bertz CT molecular complexity index is 941. The minimum Gasteiger partial charge on any atom is -0.490 e. The zero-order valence-electron chi connectivity index (χ0n) is 16.2. The van der Waals surface area contributed by atoms with Gasteiger partial charge in [0.15, 0.2) is 17.3 Å². The summed E-state index contributed by atoms with van der Waals surface area (Å²) in [5.74, 6) is 1.33. The lowest BCUT2D eigenvalue weighted by molar-refractivity contribution is 0.104. The molecule has 3 aromatic carbocycles. The summed E-state index contributed by atoms with van der Waals surface area (Å²) in [6.45, 7) is 4.95. The van der Waals surface area contributed by atoms with Crippen LogP contribution in [0.2, 0.25) is 0 Å². The topological polar surface area (TPSA) is 35.5 Å². The highest BCUT2D eigenvalue weighted by Crippen LogP contribution is 2.30. The SMILES string of the molecule is CCOc1cc(/C=C/C(=O)c2ccc(C)cc2)ccc1OCc1ccccc1. The number of ether oxygens (including phenoxy) is 2. The summed E-state index contributed by atoms with van der Waals surface area (Å²) >= 11 is 0. The normalized spacial score (nSPS) is 10.8. The predicted molar refractivity (Wildman–Crippen MR) is 113 cm³/mol. The van der Waals surface area contributed by atoms with Crippen molar-refractivity contribution < 1.29 is 14.3 Å². The Hall–Kier alpha value is -3.33. The van der Waals surface area contributed by atoms with Gasteiger partial charge in [0, 0.05) is 5.56 Å². The molecule has 0 atom stereocenters. The second-order valence-electron chi connectivity index (χ2n) is 6.48. The number of carbonyl (C=O) groups is 1. The van der Waals surface area contributed by atoms with Gasteiger partial charge in [-0.1, -0.05) is 72.3 Å². The first-order valence-corrected chi connectivity index (χ1v) is 9.38. The molecule has 0 saturated carbocycles. The molecule has 0 amide bonds. The van der Waals surface area contributed by atoms with E-state index in [9.17, 15) is 4.79 Å². The van der Waals surface area contributed by atoms with Gasteiger partial charge in [-0.25, -0.2) is 0 Å². The van der Waals surface area contributed by atoms with Gasteiger partial charge in [-0.2, -0.15) is 0 Å². The summed E-state index contributed by atoms with van der Waals surface area (Å²) in [6, 6.07) is 23.2. The highest BCUT2D eigenvalue weighted by Gasteiger charge is 2.07. The molecule has 3 rings (SSSR count). The van der Waals surface area contributed by atoms with Crippen LogP contribution in [-0.4, -0.2) is 12.4 Å². The van der Waals surface area contributed by atoms with Gasteiger partial charge in [-0.05, 0) is 43.2 Å². The van der Waals surface area contributed by atoms with Crippen molar-refractivity contribution in [2.45, 2.75) is 20.5 Å². The molecule has 0 radical (unpaired) electrons. The molecule has 0 aliphatic heterocycles. The third kappa shape index (κ3) is 5.34. The van der Waals surface area contributed by atoms with E-state index in [1.165, 1.54) is 0 Å². The average Bonchev–Trinajstić information content (AvgIpc) is 2.73. The maximum absolute atomic E-state index is 12.3. The highest BCUT2D eigenvalue weighted by atomic mass is 16.5. The molecule has 0 aliphatic rings. The lowest BCUT2D eigenvalue weighted by atomic mass is 10.1. The number of allylic oxidation sites excluding steroid dienone is 1. The van der Waals surface area contributed by atoms with E-state index < -0.39 is 0 Å². The molecule has 0 fully saturated rings. The van der Waals surface area contributed by atoms with Gasteiger partial charge >= 0.3 is 0 Å². The Morgan fingerprint density at radius 2 is 1.64 bits per heavy atom. The zero-order chi connectivity index (χ0) is 19.8. The predicted octanol–water partition coefficient (Wildman–Crippen LogP) is 5.87. The van der Waals surface area contributed by atoms with Crippen molar-refractivity contribution in [3.8, 4) is 11.5 Å². The summed E-state index contributed by atoms with van der Waals surface area (Å²) in [5, 5.41) is 0. The third-order valence-corrected chi connectivity index (χ3v) is 4.27. The van der Waals surface area contributed by atoms with Crippen molar-refractivity contribution in [2.75, 3.05) is 6.61 Å². The van der Waals surface area contributed by atoms with Crippen molar-refractivity contribution >= 4 is 11.9 Å². The number of hydrogen-bond donors (Lipinski definition) is 0. The van der Waals surface area contributed by atoms with E-state index in [0.29, 0.717) is 30.3 Å². The minimum atomic E-state index is -0.0256. The average molecular weight is 372 g/mol. The van der Waals surface area contributed by atoms with E-state index in [1.54, 1.807) is 12.2 Å². The van der Waals surface area contributed by atoms with E-state index in [4.69, 9.17) is 9.47 Å². The van der Waals surface area contributed by atoms with Crippen molar-refractivity contribution in [1.82, 2.24) is 0 Å². The summed E-state index contributed by atoms with van der Waals surface area (Å²) < 4.78 is 11.6. The molecule has 0 unspecified atom stereocenters. The first-order chi connectivity index (χ1) is 13.7. The second-order valence-corrected chi connectivity index (χ2v) is 6.48. The van der Waals surface area contributed by atoms with Gasteiger partial charge in [0.05, 0.1) is 6.61 Å². The van der Waals surface area contributed by atoms with E-state index in [2.05, 4.69) is 0 Å². The van der Waals surface area contributed by atoms with Crippen molar-refractivity contribution in [1.29, 1.82) is 0 Å². The van der Waals surface area contributed by atoms with E-state index in [0.717, 1.165) is 16.7 Å². The number of ketones is 1. The fourth-order valence-corrected chi connectivity index (χ4v) is 2.74. The lowest BCUT2D eigenvalue weighted by Gasteiger charge is -2.12. The van der Waals surface area contributed by atoms with Crippen LogP contribution in [0.3, 0.4) is 0 Å². The van der Waals surface area contributed by atoms with Gasteiger partial charge in [-0.3, -0.25) is 4.79 Å². The van der Waals surface area contributed by atoms with Crippen LogP contribution in [0.1, 0.15) is 34.0 Å². The summed E-state index contributed by atoms with van der Waals surface area (Å²) in [4.78, 5) is 12.3. The fraction of sp³-hybridized carbons (Fsp3) is 0.160. The van der Waals surface area contributed by atoms with Crippen LogP contribution in [0.25, 0.3) is 6.08 Å². The second kappa shape index (κ2) is 9.56. The molecule has 142 valence electrons. The fourth-order valence-electron chi connectivity index (χ4n) is 2.74. The standard InChI is InChI=1S/C25H24O3/c1-3-27-25-17-20(11-15-23(26)22-13-9-19(2)10-14-22)12-16-24(25)28-18-21-7-5-4-6-8-21/h4-17H,3,18H2,1-2H3/b15-11+. The lowest BCUT2D eigenvalue weighted by Crippen LogP contribution is -2.00. The number of carbonyl (C=O) groups excluding carboxylic acids is 1. The Morgan fingerprint density at radius 1 is 0.893 bits per heavy atom. The molecule has 3 aromatic rings. The van der Waals surface area contributed by atoms with Crippen LogP contribution < -0.4 is 9.47 Å². The van der Waals surface area contributed by atoms with Crippen LogP contribution in [0, 0.1) is 6.92 Å². The molecule has 0 spiro atoms. The zero-order valence-corrected chi connectivity index (χ0v) is 16.2. The summed E-state index contributed by atoms with van der Waals surface area (Å²) in [5.41, 5.74) is 3.79. The molecular formula is C25H24O3. The van der Waals surface area contributed by atoms with Crippen LogP contribution in [0.4, 0.5) is 0 Å². The molecule has 0 bridgehead atoms. The molecule has 0 N–H and O–H groups in total. The van der Waals surface area contributed by atoms with Gasteiger partial charge in [0.1, 0.15) is 6.61 Å². The van der Waals surface area contributed by atoms with E-state index >= 15 is 0 Å². The summed E-state index contributed by atoms with van der Waals surface area (Å²) in [7, 11) is 0. The quantitative estimate of drug-likeness (QED) is 0.366. The van der Waals surface area contributed by atoms with Crippen LogP contribution in [0.5, 0.6) is 11.5 Å². The van der Waals surface area contributed by atoms with Crippen molar-refractivity contribution in [3.05, 3.63) is 101 Å². The van der Waals surface area contributed by atoms with Crippen LogP contribution >= 0.6 is 0 Å². The molecule has 0 heterocycles. The molecule has 0 aliphatic carbocycles. The van der Waals surface area contributed by atoms with Crippen LogP contribution in [-0.2, 0) is 6.61 Å². The van der Waals surface area contributed by atoms with Gasteiger partial charge in [0.25, 0.3) is 0 Å². The van der Waals surface area contributed by atoms with Gasteiger partial charge in [-0.15, -0.1) is 0 Å². The largest absolute Gasteiger partial charge is 0.490 e. The Kier molecular flexibility index (Phi) is 6.64. The van der Waals surface area contributed by atoms with Crippen LogP contribution in [0.15, 0.2) is 78.9 Å². The monoisotopic (exact) mass is 372 g/mol. The number of aryl methyl sites for hydroxylation is 1. The molecule has 0 saturated heterocycles. The molecule has 28 heavy (non-hydrogen) atoms. The van der Waals surface area contributed by atoms with Crippen molar-refractivity contribution in [3.63, 3.8) is 0 Å². The van der Waals surface area contributed by atoms with E-state index in [-0.39, 0.29) is 5.78 Å². The minimum absolute atomic E-state index is 0.0256. The Morgan fingerprint density at radius 3 is 2.36 bits per heavy atom. The maximum Gasteiger partial charge on any atom is 0.185 e. The molecule has 3 heteroatoms. The third-order valence-electron chi connectivity index (χ3n) is 4.27. The maximum atomic E-state index is 12.3. The smallest absolute Gasteiger partial charge is 0.185 e. The Labute approximate surface area is 166 Å². The number of hydrogen-bond acceptors (Lipinski definition) is 3. The molecule has 0 aromatic heterocycles. The summed E-state index contributed by atoms with van der Waals surface area (Å²) in [6.07, 6.45) is 3.38. The van der Waals surface area contributed by atoms with Gasteiger partial charge in [0.2, 0.25) is 0 Å². The Balaban J connectivity index is 1.72.